The number of hydrogen-bond donors (Lipinski definition) is 0. The molecule has 3 aromatic rings. The summed E-state index contributed by atoms with van der Waals surface area (Å²) in [5.74, 6) is -0.311. The number of anilines is 1. The van der Waals surface area contributed by atoms with E-state index in [1.165, 1.54) is 12.1 Å². The van der Waals surface area contributed by atoms with Crippen molar-refractivity contribution in [2.45, 2.75) is 25.4 Å². The first-order valence-electron chi connectivity index (χ1n) is 11.9. The zero-order valence-corrected chi connectivity index (χ0v) is 19.2. The van der Waals surface area contributed by atoms with E-state index in [1.54, 1.807) is 32.7 Å². The van der Waals surface area contributed by atoms with Crippen LogP contribution < -0.4 is 9.64 Å². The first-order chi connectivity index (χ1) is 17.1. The third-order valence-corrected chi connectivity index (χ3v) is 6.80. The SMILES string of the molecule is O=C(C1CN(C(=O)c2nn(-c3cccc(F)c3)c3c2CCC3)c2ccccc2O1)N1CCOCC1. The minimum Gasteiger partial charge on any atom is -0.476 e. The fraction of sp³-hybridized carbons (Fsp3) is 0.346. The molecule has 1 aromatic heterocycles. The number of rotatable bonds is 3. The van der Waals surface area contributed by atoms with Crippen molar-refractivity contribution in [3.8, 4) is 11.4 Å². The molecule has 2 aromatic carbocycles. The highest BCUT2D eigenvalue weighted by atomic mass is 19.1. The van der Waals surface area contributed by atoms with E-state index in [0.29, 0.717) is 49.1 Å². The van der Waals surface area contributed by atoms with E-state index >= 15 is 0 Å². The molecule has 8 nitrogen and oxygen atoms in total. The molecule has 9 heteroatoms. The van der Waals surface area contributed by atoms with Gasteiger partial charge in [-0.15, -0.1) is 0 Å². The summed E-state index contributed by atoms with van der Waals surface area (Å²) < 4.78 is 27.0. The van der Waals surface area contributed by atoms with Crippen LogP contribution in [0.5, 0.6) is 5.75 Å². The smallest absolute Gasteiger partial charge is 0.279 e. The molecule has 1 fully saturated rings. The summed E-state index contributed by atoms with van der Waals surface area (Å²) in [6, 6.07) is 13.5. The predicted molar refractivity (Wildman–Crippen MR) is 125 cm³/mol. The Morgan fingerprint density at radius 1 is 1.03 bits per heavy atom. The van der Waals surface area contributed by atoms with Crippen molar-refractivity contribution in [2.24, 2.45) is 0 Å². The largest absolute Gasteiger partial charge is 0.476 e. The molecule has 2 amide bonds. The van der Waals surface area contributed by atoms with Crippen LogP contribution in [-0.4, -0.2) is 65.4 Å². The maximum absolute atomic E-state index is 14.0. The zero-order chi connectivity index (χ0) is 23.9. The lowest BCUT2D eigenvalue weighted by Crippen LogP contribution is -2.54. The molecule has 1 unspecified atom stereocenters. The van der Waals surface area contributed by atoms with Gasteiger partial charge in [0.1, 0.15) is 11.6 Å². The Labute approximate surface area is 201 Å². The molecule has 3 heterocycles. The quantitative estimate of drug-likeness (QED) is 0.581. The highest BCUT2D eigenvalue weighted by Gasteiger charge is 2.39. The van der Waals surface area contributed by atoms with E-state index in [-0.39, 0.29) is 24.2 Å². The van der Waals surface area contributed by atoms with Crippen LogP contribution in [0.25, 0.3) is 5.69 Å². The average molecular weight is 477 g/mol. The van der Waals surface area contributed by atoms with Crippen molar-refractivity contribution in [2.75, 3.05) is 37.7 Å². The monoisotopic (exact) mass is 476 g/mol. The summed E-state index contributed by atoms with van der Waals surface area (Å²) >= 11 is 0. The molecule has 0 spiro atoms. The first-order valence-corrected chi connectivity index (χ1v) is 11.9. The van der Waals surface area contributed by atoms with Gasteiger partial charge in [0.05, 0.1) is 31.1 Å². The third-order valence-electron chi connectivity index (χ3n) is 6.80. The summed E-state index contributed by atoms with van der Waals surface area (Å²) in [5, 5.41) is 4.66. The van der Waals surface area contributed by atoms with Crippen molar-refractivity contribution in [3.05, 3.63) is 71.3 Å². The van der Waals surface area contributed by atoms with E-state index in [1.807, 2.05) is 18.2 Å². The summed E-state index contributed by atoms with van der Waals surface area (Å²) in [5.41, 5.74) is 3.36. The molecule has 0 radical (unpaired) electrons. The highest BCUT2D eigenvalue weighted by molar-refractivity contribution is 6.07. The second kappa shape index (κ2) is 8.81. The summed E-state index contributed by atoms with van der Waals surface area (Å²) in [4.78, 5) is 30.5. The lowest BCUT2D eigenvalue weighted by molar-refractivity contribution is -0.142. The van der Waals surface area contributed by atoms with Gasteiger partial charge in [0.2, 0.25) is 0 Å². The van der Waals surface area contributed by atoms with Crippen molar-refractivity contribution in [1.82, 2.24) is 14.7 Å². The minimum atomic E-state index is -0.815. The van der Waals surface area contributed by atoms with Gasteiger partial charge in [0, 0.05) is 24.3 Å². The lowest BCUT2D eigenvalue weighted by Gasteiger charge is -2.37. The molecular weight excluding hydrogens is 451 g/mol. The number of hydrogen-bond acceptors (Lipinski definition) is 5. The van der Waals surface area contributed by atoms with Crippen LogP contribution >= 0.6 is 0 Å². The molecule has 1 aliphatic carbocycles. The number of morpholine rings is 1. The minimum absolute atomic E-state index is 0.0909. The van der Waals surface area contributed by atoms with Gasteiger partial charge in [-0.3, -0.25) is 14.5 Å². The Hall–Kier alpha value is -3.72. The number of aromatic nitrogens is 2. The van der Waals surface area contributed by atoms with Gasteiger partial charge in [-0.05, 0) is 49.6 Å². The summed E-state index contributed by atoms with van der Waals surface area (Å²) in [7, 11) is 0. The molecule has 180 valence electrons. The van der Waals surface area contributed by atoms with Crippen molar-refractivity contribution in [1.29, 1.82) is 0 Å². The van der Waals surface area contributed by atoms with Crippen molar-refractivity contribution >= 4 is 17.5 Å². The third kappa shape index (κ3) is 3.85. The fourth-order valence-corrected chi connectivity index (χ4v) is 5.10. The topological polar surface area (TPSA) is 76.9 Å². The number of carbonyl (C=O) groups excluding carboxylic acids is 2. The molecule has 6 rings (SSSR count). The van der Waals surface area contributed by atoms with E-state index in [2.05, 4.69) is 5.10 Å². The standard InChI is InChI=1S/C26H25FN4O4/c27-17-5-3-6-18(15-17)31-20-9-4-7-19(20)24(28-31)26(33)30-16-23(25(32)29-11-13-34-14-12-29)35-22-10-2-1-8-21(22)30/h1-3,5-6,8,10,15,23H,4,7,9,11-14,16H2. The number of fused-ring (bicyclic) bond motifs is 2. The van der Waals surface area contributed by atoms with Crippen LogP contribution in [0.1, 0.15) is 28.2 Å². The highest BCUT2D eigenvalue weighted by Crippen LogP contribution is 2.36. The Kier molecular flexibility index (Phi) is 5.49. The van der Waals surface area contributed by atoms with Gasteiger partial charge < -0.3 is 14.4 Å². The van der Waals surface area contributed by atoms with Crippen LogP contribution in [0, 0.1) is 5.82 Å². The van der Waals surface area contributed by atoms with Gasteiger partial charge in [0.25, 0.3) is 11.8 Å². The van der Waals surface area contributed by atoms with Gasteiger partial charge in [0.15, 0.2) is 11.8 Å². The van der Waals surface area contributed by atoms with Crippen LogP contribution in [0.15, 0.2) is 48.5 Å². The number of benzene rings is 2. The number of ether oxygens (including phenoxy) is 2. The fourth-order valence-electron chi connectivity index (χ4n) is 5.10. The first kappa shape index (κ1) is 21.8. The molecule has 0 bridgehead atoms. The van der Waals surface area contributed by atoms with Crippen LogP contribution in [-0.2, 0) is 22.4 Å². The number of halogens is 1. The van der Waals surface area contributed by atoms with Gasteiger partial charge in [-0.2, -0.15) is 5.10 Å². The van der Waals surface area contributed by atoms with Crippen molar-refractivity contribution in [3.63, 3.8) is 0 Å². The molecule has 3 aliphatic rings. The maximum atomic E-state index is 14.0. The Bertz CT molecular complexity index is 1300. The second-order valence-electron chi connectivity index (χ2n) is 8.95. The molecule has 0 N–H and O–H groups in total. The van der Waals surface area contributed by atoms with Crippen LogP contribution in [0.4, 0.5) is 10.1 Å². The Morgan fingerprint density at radius 3 is 2.69 bits per heavy atom. The van der Waals surface area contributed by atoms with Crippen molar-refractivity contribution < 1.29 is 23.5 Å². The Morgan fingerprint density at radius 2 is 1.86 bits per heavy atom. The van der Waals surface area contributed by atoms with E-state index in [0.717, 1.165) is 30.5 Å². The second-order valence-corrected chi connectivity index (χ2v) is 8.95. The Balaban J connectivity index is 1.36. The molecule has 1 saturated heterocycles. The molecule has 35 heavy (non-hydrogen) atoms. The lowest BCUT2D eigenvalue weighted by atomic mass is 10.1. The zero-order valence-electron chi connectivity index (χ0n) is 19.2. The van der Waals surface area contributed by atoms with Gasteiger partial charge in [-0.25, -0.2) is 9.07 Å². The number of nitrogens with zero attached hydrogens (tertiary/aromatic N) is 4. The number of para-hydroxylation sites is 2. The molecule has 1 atom stereocenters. The summed E-state index contributed by atoms with van der Waals surface area (Å²) in [6.07, 6.45) is 1.59. The van der Waals surface area contributed by atoms with Gasteiger partial charge in [-0.1, -0.05) is 18.2 Å². The average Bonchev–Trinajstić information content (AvgIpc) is 3.51. The normalized spacial score (nSPS) is 19.2. The van der Waals surface area contributed by atoms with E-state index in [9.17, 15) is 14.0 Å². The summed E-state index contributed by atoms with van der Waals surface area (Å²) in [6.45, 7) is 2.07. The predicted octanol–water partition coefficient (Wildman–Crippen LogP) is 2.77. The maximum Gasteiger partial charge on any atom is 0.279 e. The molecule has 2 aliphatic heterocycles. The number of amides is 2. The van der Waals surface area contributed by atoms with Gasteiger partial charge >= 0.3 is 0 Å². The molecule has 0 saturated carbocycles. The van der Waals surface area contributed by atoms with Crippen LogP contribution in [0.3, 0.4) is 0 Å². The van der Waals surface area contributed by atoms with Crippen LogP contribution in [0.2, 0.25) is 0 Å². The molecular formula is C26H25FN4O4. The number of carbonyl (C=O) groups is 2. The van der Waals surface area contributed by atoms with E-state index in [4.69, 9.17) is 9.47 Å². The van der Waals surface area contributed by atoms with E-state index < -0.39 is 6.10 Å².